The Labute approximate surface area is 191 Å². The number of halogens is 3. The number of alkyl halides is 3. The molecule has 5 rings (SSSR count). The summed E-state index contributed by atoms with van der Waals surface area (Å²) in [5, 5.41) is 13.2. The van der Waals surface area contributed by atoms with Crippen LogP contribution in [0.1, 0.15) is 28.8 Å². The van der Waals surface area contributed by atoms with Gasteiger partial charge in [-0.1, -0.05) is 0 Å². The number of anilines is 3. The van der Waals surface area contributed by atoms with Crippen molar-refractivity contribution in [1.29, 1.82) is 0 Å². The zero-order valence-electron chi connectivity index (χ0n) is 17.9. The molecule has 0 aromatic carbocycles. The molecule has 1 saturated heterocycles. The predicted molar refractivity (Wildman–Crippen MR) is 118 cm³/mol. The monoisotopic (exact) mass is 476 g/mol. The van der Waals surface area contributed by atoms with E-state index in [2.05, 4.69) is 15.3 Å². The van der Waals surface area contributed by atoms with Crippen molar-refractivity contribution in [1.82, 2.24) is 9.97 Å². The number of piperidine rings is 1. The van der Waals surface area contributed by atoms with E-state index in [1.807, 2.05) is 4.90 Å². The normalized spacial score (nSPS) is 23.3. The minimum Gasteiger partial charge on any atom is -0.438 e. The van der Waals surface area contributed by atoms with E-state index in [-0.39, 0.29) is 28.5 Å². The smallest absolute Gasteiger partial charge is 0.418 e. The number of aliphatic hydroxyl groups excluding tert-OH is 1. The zero-order valence-corrected chi connectivity index (χ0v) is 17.9. The van der Waals surface area contributed by atoms with Gasteiger partial charge in [0, 0.05) is 37.4 Å². The van der Waals surface area contributed by atoms with Crippen LogP contribution in [0.4, 0.5) is 30.4 Å². The Bertz CT molecular complexity index is 1240. The van der Waals surface area contributed by atoms with Crippen LogP contribution in [0.3, 0.4) is 0 Å². The summed E-state index contributed by atoms with van der Waals surface area (Å²) in [6, 6.07) is 2.04. The van der Waals surface area contributed by atoms with Crippen molar-refractivity contribution in [2.75, 3.05) is 29.0 Å². The summed E-state index contributed by atoms with van der Waals surface area (Å²) in [5.41, 5.74) is 11.6. The first-order chi connectivity index (χ1) is 16.1. The number of carbonyl (C=O) groups is 1. The van der Waals surface area contributed by atoms with Gasteiger partial charge in [-0.25, -0.2) is 0 Å². The van der Waals surface area contributed by atoms with E-state index < -0.39 is 29.8 Å². The number of nitrogens with two attached hydrogens (primary N) is 2. The average Bonchev–Trinajstić information content (AvgIpc) is 3.56. The number of amides is 1. The van der Waals surface area contributed by atoms with Gasteiger partial charge < -0.3 is 31.2 Å². The number of hydrogen-bond donors (Lipinski definition) is 4. The molecule has 0 bridgehead atoms. The second-order valence-electron chi connectivity index (χ2n) is 8.82. The van der Waals surface area contributed by atoms with Crippen LogP contribution in [0.5, 0.6) is 0 Å². The molecule has 0 spiro atoms. The van der Waals surface area contributed by atoms with Gasteiger partial charge in [0.25, 0.3) is 5.91 Å². The molecule has 2 aliphatic rings. The SMILES string of the molecule is Nc1oc2cc(C(F)(F)F)cnc2c1C(=O)Nc1cnccc1N1C[C@@H](N)[C@H](O)[C@@H](C2CC2)C1. The van der Waals surface area contributed by atoms with E-state index in [1.165, 1.54) is 6.20 Å². The Kier molecular flexibility index (Phi) is 5.36. The maximum Gasteiger partial charge on any atom is 0.418 e. The summed E-state index contributed by atoms with van der Waals surface area (Å²) in [7, 11) is 0. The van der Waals surface area contributed by atoms with Crippen molar-refractivity contribution < 1.29 is 27.5 Å². The molecule has 1 aliphatic heterocycles. The molecule has 3 aromatic heterocycles. The van der Waals surface area contributed by atoms with E-state index in [0.29, 0.717) is 36.6 Å². The highest BCUT2D eigenvalue weighted by Gasteiger charge is 2.43. The molecule has 0 unspecified atom stereocenters. The Morgan fingerprint density at radius 2 is 2.03 bits per heavy atom. The van der Waals surface area contributed by atoms with Gasteiger partial charge in [-0.15, -0.1) is 0 Å². The van der Waals surface area contributed by atoms with Crippen molar-refractivity contribution >= 4 is 34.3 Å². The lowest BCUT2D eigenvalue weighted by Gasteiger charge is -2.42. The summed E-state index contributed by atoms with van der Waals surface area (Å²) in [4.78, 5) is 23.0. The van der Waals surface area contributed by atoms with E-state index in [9.17, 15) is 23.1 Å². The van der Waals surface area contributed by atoms with Crippen molar-refractivity contribution in [3.8, 4) is 0 Å². The molecule has 12 heteroatoms. The predicted octanol–water partition coefficient (Wildman–Crippen LogP) is 2.61. The van der Waals surface area contributed by atoms with Crippen molar-refractivity contribution in [2.45, 2.75) is 31.2 Å². The third-order valence-electron chi connectivity index (χ3n) is 6.46. The van der Waals surface area contributed by atoms with Gasteiger partial charge in [-0.3, -0.25) is 14.8 Å². The molecule has 1 amide bonds. The Morgan fingerprint density at radius 1 is 1.26 bits per heavy atom. The van der Waals surface area contributed by atoms with Crippen molar-refractivity contribution in [2.24, 2.45) is 17.6 Å². The van der Waals surface area contributed by atoms with Crippen LogP contribution < -0.4 is 21.7 Å². The Balaban J connectivity index is 1.43. The number of nitrogens with one attached hydrogen (secondary N) is 1. The third kappa shape index (κ3) is 4.03. The molecular formula is C22H23F3N6O3. The number of aromatic nitrogens is 2. The number of hydrogen-bond acceptors (Lipinski definition) is 8. The standard InChI is InChI=1S/C22H23F3N6O3/c23-22(24,25)11-5-16-18(29-6-11)17(20(27)34-16)21(33)30-14-7-28-4-3-15(14)31-8-12(10-1-2-10)19(32)13(26)9-31/h3-7,10,12-13,19,32H,1-2,8-9,26-27H2,(H,30,33)/t12-,13-,19-/m1/s1. The number of furan rings is 1. The summed E-state index contributed by atoms with van der Waals surface area (Å²) < 4.78 is 44.2. The zero-order chi connectivity index (χ0) is 24.2. The van der Waals surface area contributed by atoms with Crippen molar-refractivity contribution in [3.05, 3.63) is 41.9 Å². The lowest BCUT2D eigenvalue weighted by Crippen LogP contribution is -2.57. The Hall–Kier alpha value is -3.38. The number of carbonyl (C=O) groups excluding carboxylic acids is 1. The third-order valence-corrected chi connectivity index (χ3v) is 6.46. The quantitative estimate of drug-likeness (QED) is 0.450. The van der Waals surface area contributed by atoms with E-state index >= 15 is 0 Å². The van der Waals surface area contributed by atoms with Crippen LogP contribution in [-0.4, -0.2) is 46.2 Å². The minimum atomic E-state index is -4.61. The fourth-order valence-corrected chi connectivity index (χ4v) is 4.58. The van der Waals surface area contributed by atoms with Gasteiger partial charge in [0.1, 0.15) is 11.1 Å². The van der Waals surface area contributed by atoms with Crippen molar-refractivity contribution in [3.63, 3.8) is 0 Å². The molecule has 1 saturated carbocycles. The minimum absolute atomic E-state index is 0.0287. The maximum absolute atomic E-state index is 13.1. The van der Waals surface area contributed by atoms with Crippen LogP contribution in [0.25, 0.3) is 11.1 Å². The number of nitrogen functional groups attached to an aromatic ring is 1. The van der Waals surface area contributed by atoms with E-state index in [1.54, 1.807) is 12.3 Å². The first-order valence-electron chi connectivity index (χ1n) is 10.8. The second-order valence-corrected chi connectivity index (χ2v) is 8.82. The van der Waals surface area contributed by atoms with Gasteiger partial charge in [0.15, 0.2) is 5.58 Å². The largest absolute Gasteiger partial charge is 0.438 e. The number of nitrogens with zero attached hydrogens (tertiary/aromatic N) is 3. The molecule has 4 heterocycles. The van der Waals surface area contributed by atoms with Gasteiger partial charge in [0.05, 0.1) is 29.2 Å². The molecule has 180 valence electrons. The second kappa shape index (κ2) is 8.13. The molecule has 34 heavy (non-hydrogen) atoms. The summed E-state index contributed by atoms with van der Waals surface area (Å²) >= 11 is 0. The maximum atomic E-state index is 13.1. The van der Waals surface area contributed by atoms with Gasteiger partial charge >= 0.3 is 6.18 Å². The number of rotatable bonds is 4. The number of fused-ring (bicyclic) bond motifs is 1. The van der Waals surface area contributed by atoms with E-state index in [0.717, 1.165) is 18.9 Å². The van der Waals surface area contributed by atoms with Gasteiger partial charge in [0.2, 0.25) is 5.88 Å². The van der Waals surface area contributed by atoms with Crippen LogP contribution in [0, 0.1) is 11.8 Å². The van der Waals surface area contributed by atoms with Crippen LogP contribution in [-0.2, 0) is 6.18 Å². The summed E-state index contributed by atoms with van der Waals surface area (Å²) in [5.74, 6) is -0.589. The lowest BCUT2D eigenvalue weighted by atomic mass is 9.87. The average molecular weight is 476 g/mol. The number of pyridine rings is 2. The van der Waals surface area contributed by atoms with Crippen LogP contribution in [0.2, 0.25) is 0 Å². The fourth-order valence-electron chi connectivity index (χ4n) is 4.58. The molecule has 6 N–H and O–H groups in total. The first kappa shape index (κ1) is 22.4. The topological polar surface area (TPSA) is 144 Å². The molecule has 3 aromatic rings. The molecule has 0 radical (unpaired) electrons. The molecule has 3 atom stereocenters. The fraction of sp³-hybridized carbons (Fsp3) is 0.409. The first-order valence-corrected chi connectivity index (χ1v) is 10.8. The summed E-state index contributed by atoms with van der Waals surface area (Å²) in [6.07, 6.45) is 0.572. The highest BCUT2D eigenvalue weighted by Crippen LogP contribution is 2.42. The van der Waals surface area contributed by atoms with Gasteiger partial charge in [-0.05, 0) is 30.9 Å². The van der Waals surface area contributed by atoms with Crippen LogP contribution >= 0.6 is 0 Å². The molecular weight excluding hydrogens is 453 g/mol. The highest BCUT2D eigenvalue weighted by molar-refractivity contribution is 6.15. The molecule has 2 fully saturated rings. The van der Waals surface area contributed by atoms with Crippen LogP contribution in [0.15, 0.2) is 35.1 Å². The Morgan fingerprint density at radius 3 is 2.74 bits per heavy atom. The van der Waals surface area contributed by atoms with Gasteiger partial charge in [-0.2, -0.15) is 13.2 Å². The summed E-state index contributed by atoms with van der Waals surface area (Å²) in [6.45, 7) is 0.959. The molecule has 9 nitrogen and oxygen atoms in total. The lowest BCUT2D eigenvalue weighted by molar-refractivity contribution is -0.137. The van der Waals surface area contributed by atoms with E-state index in [4.69, 9.17) is 15.9 Å². The highest BCUT2D eigenvalue weighted by atomic mass is 19.4. The molecule has 1 aliphatic carbocycles. The number of aliphatic hydroxyl groups is 1.